The molecule has 1 aliphatic rings. The van der Waals surface area contributed by atoms with E-state index in [1.807, 2.05) is 6.07 Å². The number of hydrogen-bond donors (Lipinski definition) is 0. The molecule has 0 atom stereocenters. The van der Waals surface area contributed by atoms with Gasteiger partial charge in [0.15, 0.2) is 11.5 Å². The number of rotatable bonds is 4. The van der Waals surface area contributed by atoms with Gasteiger partial charge in [-0.15, -0.1) is 0 Å². The Morgan fingerprint density at radius 2 is 2.08 bits per heavy atom. The van der Waals surface area contributed by atoms with Crippen LogP contribution in [0.5, 0.6) is 17.2 Å². The minimum absolute atomic E-state index is 0.765. The van der Waals surface area contributed by atoms with E-state index in [2.05, 4.69) is 19.9 Å². The third-order valence-corrected chi connectivity index (χ3v) is 2.16. The van der Waals surface area contributed by atoms with Gasteiger partial charge in [0, 0.05) is 0 Å². The largest absolute Gasteiger partial charge is 0.490 e. The van der Waals surface area contributed by atoms with Crippen molar-refractivity contribution in [2.45, 2.75) is 26.7 Å². The fourth-order valence-corrected chi connectivity index (χ4v) is 1.38. The molecule has 0 fully saturated rings. The monoisotopic (exact) mass is 178 g/mol. The van der Waals surface area contributed by atoms with Crippen LogP contribution in [0.4, 0.5) is 0 Å². The molecule has 0 aromatic heterocycles. The van der Waals surface area contributed by atoms with E-state index in [-0.39, 0.29) is 0 Å². The zero-order chi connectivity index (χ0) is 9.26. The topological polar surface area (TPSA) is 21.8 Å². The quantitative estimate of drug-likeness (QED) is 0.671. The van der Waals surface area contributed by atoms with E-state index in [0.717, 1.165) is 36.7 Å². The molecule has 0 amide bonds. The smallest absolute Gasteiger partial charge is 0.212 e. The van der Waals surface area contributed by atoms with Gasteiger partial charge in [-0.3, -0.25) is 0 Å². The Morgan fingerprint density at radius 1 is 1.23 bits per heavy atom. The molecule has 0 saturated heterocycles. The van der Waals surface area contributed by atoms with E-state index in [4.69, 9.17) is 9.47 Å². The van der Waals surface area contributed by atoms with Gasteiger partial charge in [0.2, 0.25) is 5.75 Å². The van der Waals surface area contributed by atoms with E-state index in [1.165, 1.54) is 5.56 Å². The van der Waals surface area contributed by atoms with Crippen LogP contribution in [0.3, 0.4) is 0 Å². The summed E-state index contributed by atoms with van der Waals surface area (Å²) < 4.78 is 10.9. The molecular formula is C11H14O2. The van der Waals surface area contributed by atoms with Crippen LogP contribution >= 0.6 is 0 Å². The van der Waals surface area contributed by atoms with Gasteiger partial charge in [0.25, 0.3) is 0 Å². The second-order valence-corrected chi connectivity index (χ2v) is 3.19. The van der Waals surface area contributed by atoms with Crippen molar-refractivity contribution in [1.29, 1.82) is 0 Å². The molecule has 1 aromatic rings. The number of fused-ring (bicyclic) bond motifs is 1. The molecule has 13 heavy (non-hydrogen) atoms. The minimum Gasteiger partial charge on any atom is -0.490 e. The molecule has 2 heteroatoms. The molecule has 0 saturated carbocycles. The summed E-state index contributed by atoms with van der Waals surface area (Å²) in [4.78, 5) is 0. The molecule has 1 aromatic carbocycles. The SMILES string of the molecule is CCCOc1ccc(CC)c2c1O2. The molecule has 2 rings (SSSR count). The zero-order valence-electron chi connectivity index (χ0n) is 8.09. The third kappa shape index (κ3) is 1.48. The normalized spacial score (nSPS) is 11.8. The van der Waals surface area contributed by atoms with Crippen LogP contribution in [0.2, 0.25) is 0 Å². The molecule has 0 aliphatic carbocycles. The highest BCUT2D eigenvalue weighted by Crippen LogP contribution is 2.54. The molecule has 0 radical (unpaired) electrons. The van der Waals surface area contributed by atoms with Crippen LogP contribution in [0.25, 0.3) is 0 Å². The van der Waals surface area contributed by atoms with Crippen molar-refractivity contribution in [1.82, 2.24) is 0 Å². The first-order valence-corrected chi connectivity index (χ1v) is 4.83. The molecule has 0 spiro atoms. The van der Waals surface area contributed by atoms with Gasteiger partial charge in [-0.1, -0.05) is 19.9 Å². The van der Waals surface area contributed by atoms with Gasteiger partial charge in [-0.2, -0.15) is 0 Å². The third-order valence-electron chi connectivity index (χ3n) is 2.16. The van der Waals surface area contributed by atoms with Crippen molar-refractivity contribution in [3.63, 3.8) is 0 Å². The fourth-order valence-electron chi connectivity index (χ4n) is 1.38. The van der Waals surface area contributed by atoms with Crippen molar-refractivity contribution >= 4 is 0 Å². The molecule has 0 N–H and O–H groups in total. The van der Waals surface area contributed by atoms with Crippen LogP contribution in [-0.4, -0.2) is 6.61 Å². The summed E-state index contributed by atoms with van der Waals surface area (Å²) in [7, 11) is 0. The minimum atomic E-state index is 0.765. The molecular weight excluding hydrogens is 164 g/mol. The second-order valence-electron chi connectivity index (χ2n) is 3.19. The Hall–Kier alpha value is -1.18. The van der Waals surface area contributed by atoms with Crippen LogP contribution < -0.4 is 9.47 Å². The summed E-state index contributed by atoms with van der Waals surface area (Å²) in [5, 5.41) is 0. The van der Waals surface area contributed by atoms with Gasteiger partial charge < -0.3 is 9.47 Å². The van der Waals surface area contributed by atoms with Crippen LogP contribution in [-0.2, 0) is 6.42 Å². The van der Waals surface area contributed by atoms with Gasteiger partial charge in [0.05, 0.1) is 6.61 Å². The predicted molar refractivity (Wildman–Crippen MR) is 51.7 cm³/mol. The van der Waals surface area contributed by atoms with E-state index in [1.54, 1.807) is 0 Å². The number of hydrogen-bond acceptors (Lipinski definition) is 2. The van der Waals surface area contributed by atoms with Crippen LogP contribution in [0, 0.1) is 0 Å². The van der Waals surface area contributed by atoms with Gasteiger partial charge in [0.1, 0.15) is 0 Å². The Labute approximate surface area is 78.5 Å². The average Bonchev–Trinajstić information content (AvgIpc) is 2.93. The lowest BCUT2D eigenvalue weighted by molar-refractivity contribution is 0.314. The van der Waals surface area contributed by atoms with E-state index in [9.17, 15) is 0 Å². The predicted octanol–water partition coefficient (Wildman–Crippen LogP) is 3.14. The summed E-state index contributed by atoms with van der Waals surface area (Å²) in [5.74, 6) is 2.89. The number of aryl methyl sites for hydroxylation is 1. The highest BCUT2D eigenvalue weighted by Gasteiger charge is 2.28. The first-order valence-electron chi connectivity index (χ1n) is 4.83. The number of benzene rings is 1. The van der Waals surface area contributed by atoms with E-state index < -0.39 is 0 Å². The molecule has 70 valence electrons. The summed E-state index contributed by atoms with van der Waals surface area (Å²) in [5.41, 5.74) is 1.28. The molecule has 1 aliphatic heterocycles. The van der Waals surface area contributed by atoms with Crippen molar-refractivity contribution in [3.05, 3.63) is 17.7 Å². The van der Waals surface area contributed by atoms with Crippen molar-refractivity contribution in [2.75, 3.05) is 6.61 Å². The standard InChI is InChI=1S/C11H14O2/c1-3-7-12-9-6-5-8(4-2)10-11(9)13-10/h5-6H,3-4,7H2,1-2H3. The lowest BCUT2D eigenvalue weighted by Crippen LogP contribution is -1.93. The number of ether oxygens (including phenoxy) is 2. The van der Waals surface area contributed by atoms with Gasteiger partial charge >= 0.3 is 0 Å². The summed E-state index contributed by atoms with van der Waals surface area (Å²) in [6.45, 7) is 4.99. The van der Waals surface area contributed by atoms with E-state index >= 15 is 0 Å². The average molecular weight is 178 g/mol. The Bertz CT molecular complexity index is 318. The first kappa shape index (κ1) is 8.42. The Kier molecular flexibility index (Phi) is 2.13. The van der Waals surface area contributed by atoms with E-state index in [0.29, 0.717) is 0 Å². The highest BCUT2D eigenvalue weighted by molar-refractivity contribution is 5.66. The molecule has 2 nitrogen and oxygen atoms in total. The molecule has 1 heterocycles. The maximum absolute atomic E-state index is 5.51. The Balaban J connectivity index is 2.14. The lowest BCUT2D eigenvalue weighted by atomic mass is 10.2. The zero-order valence-corrected chi connectivity index (χ0v) is 8.09. The summed E-state index contributed by atoms with van der Waals surface area (Å²) in [6, 6.07) is 4.08. The maximum atomic E-state index is 5.51. The summed E-state index contributed by atoms with van der Waals surface area (Å²) in [6.07, 6.45) is 2.06. The van der Waals surface area contributed by atoms with Crippen molar-refractivity contribution in [2.24, 2.45) is 0 Å². The first-order chi connectivity index (χ1) is 6.36. The van der Waals surface area contributed by atoms with Gasteiger partial charge in [-0.05, 0) is 24.5 Å². The highest BCUT2D eigenvalue weighted by atomic mass is 16.6. The maximum Gasteiger partial charge on any atom is 0.212 e. The Morgan fingerprint density at radius 3 is 2.77 bits per heavy atom. The van der Waals surface area contributed by atoms with Crippen LogP contribution in [0.1, 0.15) is 25.8 Å². The second kappa shape index (κ2) is 3.29. The van der Waals surface area contributed by atoms with Gasteiger partial charge in [-0.25, -0.2) is 0 Å². The summed E-state index contributed by atoms with van der Waals surface area (Å²) >= 11 is 0. The molecule has 0 bridgehead atoms. The lowest BCUT2D eigenvalue weighted by Gasteiger charge is -2.00. The van der Waals surface area contributed by atoms with Crippen LogP contribution in [0.15, 0.2) is 12.1 Å². The van der Waals surface area contributed by atoms with Crippen molar-refractivity contribution in [3.8, 4) is 17.2 Å². The molecule has 0 unspecified atom stereocenters. The van der Waals surface area contributed by atoms with Crippen molar-refractivity contribution < 1.29 is 9.47 Å². The fraction of sp³-hybridized carbons (Fsp3) is 0.455.